The number of esters is 1. The van der Waals surface area contributed by atoms with Crippen LogP contribution in [-0.2, 0) is 9.53 Å². The van der Waals surface area contributed by atoms with Gasteiger partial charge < -0.3 is 4.74 Å². The van der Waals surface area contributed by atoms with Gasteiger partial charge >= 0.3 is 5.97 Å². The van der Waals surface area contributed by atoms with E-state index in [1.165, 1.54) is 0 Å². The fourth-order valence-electron chi connectivity index (χ4n) is 2.47. The van der Waals surface area contributed by atoms with Crippen molar-refractivity contribution in [2.75, 3.05) is 6.26 Å². The first-order valence-electron chi connectivity index (χ1n) is 8.13. The van der Waals surface area contributed by atoms with Crippen LogP contribution in [0.15, 0.2) is 0 Å². The van der Waals surface area contributed by atoms with Crippen molar-refractivity contribution in [3.63, 3.8) is 0 Å². The fraction of sp³-hybridized carbons (Fsp3) is 0.941. The number of carbonyl (C=O) groups is 1. The zero-order chi connectivity index (χ0) is 15.8. The molecule has 1 unspecified atom stereocenters. The Hall–Kier alpha value is -0.180. The quantitative estimate of drug-likeness (QED) is 0.502. The fourth-order valence-corrected chi connectivity index (χ4v) is 3.29. The highest BCUT2D eigenvalue weighted by molar-refractivity contribution is 7.99. The van der Waals surface area contributed by atoms with Gasteiger partial charge in [0.2, 0.25) is 0 Å². The molecule has 0 spiro atoms. The van der Waals surface area contributed by atoms with Crippen LogP contribution in [0.1, 0.15) is 80.1 Å². The molecular weight excluding hydrogens is 268 g/mol. The van der Waals surface area contributed by atoms with E-state index in [9.17, 15) is 4.79 Å². The van der Waals surface area contributed by atoms with Crippen LogP contribution in [-0.4, -0.2) is 23.1 Å². The maximum Gasteiger partial charge on any atom is 0.312 e. The van der Waals surface area contributed by atoms with Gasteiger partial charge in [0, 0.05) is 5.25 Å². The van der Waals surface area contributed by atoms with Crippen molar-refractivity contribution in [1.82, 2.24) is 0 Å². The van der Waals surface area contributed by atoms with Gasteiger partial charge in [-0.25, -0.2) is 0 Å². The van der Waals surface area contributed by atoms with Crippen LogP contribution in [0.25, 0.3) is 0 Å². The molecule has 20 heavy (non-hydrogen) atoms. The minimum atomic E-state index is -0.312. The minimum Gasteiger partial charge on any atom is -0.459 e. The van der Waals surface area contributed by atoms with Gasteiger partial charge in [-0.1, -0.05) is 34.6 Å². The van der Waals surface area contributed by atoms with Crippen molar-refractivity contribution >= 4 is 17.7 Å². The predicted molar refractivity (Wildman–Crippen MR) is 90.3 cm³/mol. The van der Waals surface area contributed by atoms with Crippen molar-refractivity contribution in [2.24, 2.45) is 5.41 Å². The number of hydrogen-bond donors (Lipinski definition) is 0. The smallest absolute Gasteiger partial charge is 0.312 e. The molecule has 0 saturated carbocycles. The summed E-state index contributed by atoms with van der Waals surface area (Å²) in [4.78, 5) is 12.8. The van der Waals surface area contributed by atoms with E-state index in [2.05, 4.69) is 40.9 Å². The Bertz CT molecular complexity index is 277. The summed E-state index contributed by atoms with van der Waals surface area (Å²) in [7, 11) is 0. The summed E-state index contributed by atoms with van der Waals surface area (Å²) in [5.74, 6) is 0.0150. The highest BCUT2D eigenvalue weighted by Crippen LogP contribution is 2.39. The summed E-state index contributed by atoms with van der Waals surface area (Å²) in [6.45, 7) is 12.7. The first-order chi connectivity index (χ1) is 9.36. The van der Waals surface area contributed by atoms with Crippen molar-refractivity contribution in [2.45, 2.75) is 90.9 Å². The maximum absolute atomic E-state index is 12.8. The van der Waals surface area contributed by atoms with E-state index in [1.54, 1.807) is 0 Å². The second-order valence-electron chi connectivity index (χ2n) is 6.00. The lowest BCUT2D eigenvalue weighted by molar-refractivity contribution is -0.173. The van der Waals surface area contributed by atoms with Gasteiger partial charge in [-0.3, -0.25) is 4.79 Å². The maximum atomic E-state index is 12.8. The number of rotatable bonds is 10. The Kier molecular flexibility index (Phi) is 8.88. The van der Waals surface area contributed by atoms with Gasteiger partial charge in [0.05, 0.1) is 5.41 Å². The number of thioether (sulfide) groups is 1. The molecule has 0 saturated heterocycles. The number of carbonyl (C=O) groups excluding carboxylic acids is 1. The lowest BCUT2D eigenvalue weighted by Gasteiger charge is -2.37. The third-order valence-corrected chi connectivity index (χ3v) is 6.20. The third-order valence-electron chi connectivity index (χ3n) is 5.03. The van der Waals surface area contributed by atoms with Crippen molar-refractivity contribution < 1.29 is 9.53 Å². The molecule has 0 aliphatic carbocycles. The van der Waals surface area contributed by atoms with Crippen LogP contribution in [0.3, 0.4) is 0 Å². The molecule has 0 heterocycles. The van der Waals surface area contributed by atoms with Gasteiger partial charge in [0.15, 0.2) is 0 Å². The Morgan fingerprint density at radius 2 is 1.55 bits per heavy atom. The SMILES string of the molecule is CCC(CC(CC)(CC)C(=O)OC(C)(CC)CC)SC. The van der Waals surface area contributed by atoms with Crippen LogP contribution >= 0.6 is 11.8 Å². The molecule has 0 aromatic heterocycles. The third kappa shape index (κ3) is 4.98. The zero-order valence-corrected chi connectivity index (χ0v) is 15.4. The standard InChI is InChI=1S/C17H34O2S/c1-8-14(20-7)13-17(11-4,12-5)15(18)19-16(6,9-2)10-3/h14H,8-13H2,1-7H3. The molecule has 0 radical (unpaired) electrons. The molecule has 3 heteroatoms. The van der Waals surface area contributed by atoms with Crippen molar-refractivity contribution in [3.8, 4) is 0 Å². The topological polar surface area (TPSA) is 26.3 Å². The zero-order valence-electron chi connectivity index (χ0n) is 14.5. The molecule has 0 amide bonds. The van der Waals surface area contributed by atoms with Crippen LogP contribution in [0, 0.1) is 5.41 Å². The van der Waals surface area contributed by atoms with Crippen LogP contribution in [0.5, 0.6) is 0 Å². The summed E-state index contributed by atoms with van der Waals surface area (Å²) in [5.41, 5.74) is -0.622. The first-order valence-corrected chi connectivity index (χ1v) is 9.41. The van der Waals surface area contributed by atoms with Crippen LogP contribution in [0.4, 0.5) is 0 Å². The molecular formula is C17H34O2S. The molecule has 120 valence electrons. The van der Waals surface area contributed by atoms with E-state index >= 15 is 0 Å². The minimum absolute atomic E-state index is 0.0150. The van der Waals surface area contributed by atoms with E-state index in [-0.39, 0.29) is 17.0 Å². The van der Waals surface area contributed by atoms with Crippen LogP contribution in [0.2, 0.25) is 0 Å². The first kappa shape index (κ1) is 19.8. The number of hydrogen-bond acceptors (Lipinski definition) is 3. The van der Waals surface area contributed by atoms with Crippen molar-refractivity contribution in [3.05, 3.63) is 0 Å². The molecule has 2 nitrogen and oxygen atoms in total. The Labute approximate surface area is 130 Å². The largest absolute Gasteiger partial charge is 0.459 e. The molecule has 0 aromatic rings. The Balaban J connectivity index is 5.10. The second-order valence-corrected chi connectivity index (χ2v) is 7.14. The highest BCUT2D eigenvalue weighted by Gasteiger charge is 2.41. The summed E-state index contributed by atoms with van der Waals surface area (Å²) in [6, 6.07) is 0. The molecule has 0 bridgehead atoms. The van der Waals surface area contributed by atoms with Gasteiger partial charge in [-0.05, 0) is 51.7 Å². The molecule has 0 aliphatic rings. The van der Waals surface area contributed by atoms with E-state index in [1.807, 2.05) is 18.7 Å². The molecule has 1 atom stereocenters. The lowest BCUT2D eigenvalue weighted by atomic mass is 9.77. The van der Waals surface area contributed by atoms with E-state index in [0.29, 0.717) is 5.25 Å². The number of ether oxygens (including phenoxy) is 1. The second kappa shape index (κ2) is 8.96. The molecule has 0 aliphatic heterocycles. The van der Waals surface area contributed by atoms with Gasteiger partial charge in [-0.15, -0.1) is 0 Å². The molecule has 0 N–H and O–H groups in total. The Morgan fingerprint density at radius 1 is 1.05 bits per heavy atom. The summed E-state index contributed by atoms with van der Waals surface area (Å²) in [5, 5.41) is 0.539. The highest BCUT2D eigenvalue weighted by atomic mass is 32.2. The average Bonchev–Trinajstić information content (AvgIpc) is 2.48. The molecule has 0 rings (SSSR count). The van der Waals surface area contributed by atoms with Crippen LogP contribution < -0.4 is 0 Å². The van der Waals surface area contributed by atoms with E-state index in [0.717, 1.165) is 38.5 Å². The predicted octanol–water partition coefficient (Wildman–Crippen LogP) is 5.45. The normalized spacial score (nSPS) is 14.2. The summed E-state index contributed by atoms with van der Waals surface area (Å²) in [6.07, 6.45) is 7.65. The average molecular weight is 303 g/mol. The van der Waals surface area contributed by atoms with E-state index < -0.39 is 0 Å². The Morgan fingerprint density at radius 3 is 1.85 bits per heavy atom. The van der Waals surface area contributed by atoms with Gasteiger partial charge in [0.25, 0.3) is 0 Å². The monoisotopic (exact) mass is 302 g/mol. The molecule has 0 aromatic carbocycles. The molecule has 0 fully saturated rings. The lowest BCUT2D eigenvalue weighted by Crippen LogP contribution is -2.41. The summed E-state index contributed by atoms with van der Waals surface area (Å²) >= 11 is 1.87. The summed E-state index contributed by atoms with van der Waals surface area (Å²) < 4.78 is 5.93. The van der Waals surface area contributed by atoms with Crippen molar-refractivity contribution in [1.29, 1.82) is 0 Å². The van der Waals surface area contributed by atoms with Gasteiger partial charge in [0.1, 0.15) is 5.60 Å². The van der Waals surface area contributed by atoms with E-state index in [4.69, 9.17) is 4.74 Å². The van der Waals surface area contributed by atoms with Gasteiger partial charge in [-0.2, -0.15) is 11.8 Å².